The molecule has 0 spiro atoms. The number of benzene rings is 1. The van der Waals surface area contributed by atoms with Crippen molar-refractivity contribution in [2.45, 2.75) is 19.0 Å². The van der Waals surface area contributed by atoms with E-state index in [-0.39, 0.29) is 12.0 Å². The third-order valence-corrected chi connectivity index (χ3v) is 3.20. The van der Waals surface area contributed by atoms with E-state index in [2.05, 4.69) is 0 Å². The summed E-state index contributed by atoms with van der Waals surface area (Å²) in [7, 11) is 0. The number of aryl methyl sites for hydroxylation is 2. The molecule has 1 heterocycles. The van der Waals surface area contributed by atoms with E-state index in [1.807, 2.05) is 0 Å². The Hall–Kier alpha value is -2.57. The Balaban J connectivity index is 2.41. The SMILES string of the molecule is NC(=O)c1cc(CCc2ccccc2)c(C(F)(F)F)[nH]c1=O. The number of amides is 1. The van der Waals surface area contributed by atoms with Crippen LogP contribution in [0.1, 0.15) is 27.2 Å². The van der Waals surface area contributed by atoms with Gasteiger partial charge in [0.05, 0.1) is 0 Å². The van der Waals surface area contributed by atoms with Crippen molar-refractivity contribution in [1.29, 1.82) is 0 Å². The topological polar surface area (TPSA) is 76.0 Å². The first-order chi connectivity index (χ1) is 10.3. The first kappa shape index (κ1) is 15.8. The van der Waals surface area contributed by atoms with Crippen LogP contribution in [0.5, 0.6) is 0 Å². The minimum atomic E-state index is -4.71. The standard InChI is InChI=1S/C15H13F3N2O2/c16-15(17,18)12-10(7-6-9-4-2-1-3-5-9)8-11(13(19)21)14(22)20-12/h1-5,8H,6-7H2,(H2,19,21)(H,20,22). The maximum atomic E-state index is 13.0. The molecule has 0 atom stereocenters. The van der Waals surface area contributed by atoms with E-state index in [9.17, 15) is 22.8 Å². The Morgan fingerprint density at radius 2 is 1.77 bits per heavy atom. The second-order valence-corrected chi connectivity index (χ2v) is 4.76. The Bertz CT molecular complexity index is 737. The van der Waals surface area contributed by atoms with Crippen molar-refractivity contribution in [3.8, 4) is 0 Å². The maximum absolute atomic E-state index is 13.0. The van der Waals surface area contributed by atoms with Crippen LogP contribution in [0.2, 0.25) is 0 Å². The zero-order valence-electron chi connectivity index (χ0n) is 11.4. The second-order valence-electron chi connectivity index (χ2n) is 4.76. The minimum absolute atomic E-state index is 0.0237. The normalized spacial score (nSPS) is 11.4. The van der Waals surface area contributed by atoms with Gasteiger partial charge in [0.25, 0.3) is 11.5 Å². The van der Waals surface area contributed by atoms with Crippen LogP contribution >= 0.6 is 0 Å². The van der Waals surface area contributed by atoms with Gasteiger partial charge in [0, 0.05) is 0 Å². The lowest BCUT2D eigenvalue weighted by Gasteiger charge is -2.13. The van der Waals surface area contributed by atoms with E-state index in [0.717, 1.165) is 11.6 Å². The molecule has 1 aromatic heterocycles. The zero-order valence-corrected chi connectivity index (χ0v) is 11.4. The lowest BCUT2D eigenvalue weighted by molar-refractivity contribution is -0.142. The van der Waals surface area contributed by atoms with E-state index in [0.29, 0.717) is 6.42 Å². The number of hydrogen-bond acceptors (Lipinski definition) is 2. The number of halogens is 3. The van der Waals surface area contributed by atoms with Gasteiger partial charge in [0.2, 0.25) is 0 Å². The molecular formula is C15H13F3N2O2. The highest BCUT2D eigenvalue weighted by Gasteiger charge is 2.35. The Morgan fingerprint density at radius 1 is 1.14 bits per heavy atom. The van der Waals surface area contributed by atoms with Crippen LogP contribution in [0, 0.1) is 0 Å². The van der Waals surface area contributed by atoms with E-state index >= 15 is 0 Å². The number of aromatic amines is 1. The minimum Gasteiger partial charge on any atom is -0.365 e. The fourth-order valence-electron chi connectivity index (χ4n) is 2.13. The molecule has 0 saturated carbocycles. The smallest absolute Gasteiger partial charge is 0.365 e. The number of nitrogens with two attached hydrogens (primary N) is 1. The summed E-state index contributed by atoms with van der Waals surface area (Å²) in [6.07, 6.45) is -4.34. The number of nitrogens with one attached hydrogen (secondary N) is 1. The molecule has 1 aromatic carbocycles. The molecule has 0 unspecified atom stereocenters. The van der Waals surface area contributed by atoms with Crippen molar-refractivity contribution in [1.82, 2.24) is 4.98 Å². The van der Waals surface area contributed by atoms with Crippen LogP contribution in [-0.2, 0) is 19.0 Å². The zero-order chi connectivity index (χ0) is 16.3. The van der Waals surface area contributed by atoms with Crippen molar-refractivity contribution in [2.24, 2.45) is 5.73 Å². The van der Waals surface area contributed by atoms with Gasteiger partial charge in [-0.1, -0.05) is 30.3 Å². The molecule has 116 valence electrons. The Morgan fingerprint density at radius 3 is 2.32 bits per heavy atom. The van der Waals surface area contributed by atoms with Gasteiger partial charge in [-0.15, -0.1) is 0 Å². The van der Waals surface area contributed by atoms with Crippen LogP contribution < -0.4 is 11.3 Å². The summed E-state index contributed by atoms with van der Waals surface area (Å²) in [6, 6.07) is 9.86. The summed E-state index contributed by atoms with van der Waals surface area (Å²) >= 11 is 0. The average molecular weight is 310 g/mol. The van der Waals surface area contributed by atoms with Crippen molar-refractivity contribution in [3.63, 3.8) is 0 Å². The van der Waals surface area contributed by atoms with Crippen LogP contribution in [0.4, 0.5) is 13.2 Å². The summed E-state index contributed by atoms with van der Waals surface area (Å²) < 4.78 is 39.0. The van der Waals surface area contributed by atoms with Crippen molar-refractivity contribution in [2.75, 3.05) is 0 Å². The van der Waals surface area contributed by atoms with E-state index < -0.39 is 28.9 Å². The van der Waals surface area contributed by atoms with Gasteiger partial charge in [-0.25, -0.2) is 0 Å². The molecule has 0 radical (unpaired) electrons. The van der Waals surface area contributed by atoms with Gasteiger partial charge < -0.3 is 10.7 Å². The first-order valence-electron chi connectivity index (χ1n) is 6.46. The fourth-order valence-corrected chi connectivity index (χ4v) is 2.13. The van der Waals surface area contributed by atoms with Crippen molar-refractivity contribution < 1.29 is 18.0 Å². The number of primary amides is 1. The first-order valence-corrected chi connectivity index (χ1v) is 6.46. The molecule has 1 amide bonds. The van der Waals surface area contributed by atoms with Crippen molar-refractivity contribution >= 4 is 5.91 Å². The third kappa shape index (κ3) is 3.55. The molecule has 0 fully saturated rings. The molecule has 22 heavy (non-hydrogen) atoms. The van der Waals surface area contributed by atoms with Gasteiger partial charge in [0.15, 0.2) is 0 Å². The predicted octanol–water partition coefficient (Wildman–Crippen LogP) is 2.28. The largest absolute Gasteiger partial charge is 0.431 e. The monoisotopic (exact) mass is 310 g/mol. The summed E-state index contributed by atoms with van der Waals surface area (Å²) in [5.41, 5.74) is 2.94. The van der Waals surface area contributed by atoms with Crippen LogP contribution in [0.25, 0.3) is 0 Å². The third-order valence-electron chi connectivity index (χ3n) is 3.20. The van der Waals surface area contributed by atoms with Gasteiger partial charge in [-0.2, -0.15) is 13.2 Å². The molecule has 0 aliphatic rings. The molecular weight excluding hydrogens is 297 g/mol. The highest BCUT2D eigenvalue weighted by atomic mass is 19.4. The van der Waals surface area contributed by atoms with E-state index in [1.165, 1.54) is 0 Å². The molecule has 0 saturated heterocycles. The molecule has 7 heteroatoms. The van der Waals surface area contributed by atoms with Crippen LogP contribution in [0.3, 0.4) is 0 Å². The second kappa shape index (κ2) is 6.05. The lowest BCUT2D eigenvalue weighted by atomic mass is 10.0. The summed E-state index contributed by atoms with van der Waals surface area (Å²) in [5, 5.41) is 0. The maximum Gasteiger partial charge on any atom is 0.431 e. The van der Waals surface area contributed by atoms with E-state index in [1.54, 1.807) is 35.3 Å². The molecule has 3 N–H and O–H groups in total. The Labute approximate surface area is 123 Å². The predicted molar refractivity (Wildman–Crippen MR) is 74.4 cm³/mol. The quantitative estimate of drug-likeness (QED) is 0.909. The number of aromatic nitrogens is 1. The van der Waals surface area contributed by atoms with Crippen LogP contribution in [0.15, 0.2) is 41.2 Å². The average Bonchev–Trinajstić information content (AvgIpc) is 2.45. The van der Waals surface area contributed by atoms with Gasteiger partial charge in [0.1, 0.15) is 11.3 Å². The number of pyridine rings is 1. The lowest BCUT2D eigenvalue weighted by Crippen LogP contribution is -2.28. The van der Waals surface area contributed by atoms with Gasteiger partial charge >= 0.3 is 6.18 Å². The highest BCUT2D eigenvalue weighted by molar-refractivity contribution is 5.92. The van der Waals surface area contributed by atoms with Gasteiger partial charge in [-0.05, 0) is 30.0 Å². The Kier molecular flexibility index (Phi) is 4.35. The van der Waals surface area contributed by atoms with Gasteiger partial charge in [-0.3, -0.25) is 9.59 Å². The molecule has 0 aliphatic carbocycles. The molecule has 2 aromatic rings. The fraction of sp³-hybridized carbons (Fsp3) is 0.200. The number of hydrogen-bond donors (Lipinski definition) is 2. The van der Waals surface area contributed by atoms with Crippen LogP contribution in [-0.4, -0.2) is 10.9 Å². The number of alkyl halides is 3. The summed E-state index contributed by atoms with van der Waals surface area (Å²) in [5.74, 6) is -1.06. The summed E-state index contributed by atoms with van der Waals surface area (Å²) in [6.45, 7) is 0. The number of H-pyrrole nitrogens is 1. The molecule has 0 aliphatic heterocycles. The molecule has 4 nitrogen and oxygen atoms in total. The highest BCUT2D eigenvalue weighted by Crippen LogP contribution is 2.30. The number of rotatable bonds is 4. The summed E-state index contributed by atoms with van der Waals surface area (Å²) in [4.78, 5) is 24.3. The molecule has 2 rings (SSSR count). The van der Waals surface area contributed by atoms with Crippen molar-refractivity contribution in [3.05, 3.63) is 69.1 Å². The molecule has 0 bridgehead atoms. The van der Waals surface area contributed by atoms with E-state index in [4.69, 9.17) is 5.73 Å². The number of carbonyl (C=O) groups excluding carboxylic acids is 1. The number of carbonyl (C=O) groups is 1.